The molecule has 56 valence electrons. The lowest BCUT2D eigenvalue weighted by Crippen LogP contribution is -2.43. The van der Waals surface area contributed by atoms with Crippen LogP contribution in [-0.4, -0.2) is 38.9 Å². The van der Waals surface area contributed by atoms with E-state index in [-0.39, 0.29) is 6.42 Å². The highest BCUT2D eigenvalue weighted by Gasteiger charge is 2.29. The van der Waals surface area contributed by atoms with Gasteiger partial charge in [0.1, 0.15) is 6.10 Å². The maximum Gasteiger partial charge on any atom is 0.191 e. The molecule has 0 heterocycles. The fraction of sp³-hybridized carbons (Fsp3) is 1.00. The summed E-state index contributed by atoms with van der Waals surface area (Å²) in [5, 5.41) is 34.3. The van der Waals surface area contributed by atoms with E-state index in [4.69, 9.17) is 20.4 Å². The molecule has 0 aromatic rings. The predicted octanol–water partition coefficient (Wildman–Crippen LogP) is -1.57. The van der Waals surface area contributed by atoms with Crippen LogP contribution in [0.3, 0.4) is 0 Å². The second-order valence-corrected chi connectivity index (χ2v) is 1.93. The normalized spacial score (nSPS) is 15.7. The minimum Gasteiger partial charge on any atom is -0.393 e. The van der Waals surface area contributed by atoms with Crippen molar-refractivity contribution in [2.45, 2.75) is 25.2 Å². The van der Waals surface area contributed by atoms with Gasteiger partial charge in [-0.2, -0.15) is 0 Å². The standard InChI is InChI=1S/C5H12O4/c1-2-5(8,9)4(7)3-6/h4,6-9H,2-3H2,1H3. The lowest BCUT2D eigenvalue weighted by Gasteiger charge is -2.23. The van der Waals surface area contributed by atoms with E-state index in [1.165, 1.54) is 6.92 Å². The van der Waals surface area contributed by atoms with E-state index in [1.807, 2.05) is 0 Å². The zero-order valence-electron chi connectivity index (χ0n) is 5.28. The van der Waals surface area contributed by atoms with Gasteiger partial charge in [-0.3, -0.25) is 0 Å². The molecule has 4 nitrogen and oxygen atoms in total. The minimum atomic E-state index is -2.14. The van der Waals surface area contributed by atoms with Crippen molar-refractivity contribution in [1.82, 2.24) is 0 Å². The van der Waals surface area contributed by atoms with Gasteiger partial charge in [-0.05, 0) is 0 Å². The predicted molar refractivity (Wildman–Crippen MR) is 30.6 cm³/mol. The average molecular weight is 136 g/mol. The fourth-order valence-corrected chi connectivity index (χ4v) is 0.382. The number of hydrogen-bond acceptors (Lipinski definition) is 4. The van der Waals surface area contributed by atoms with Crippen LogP contribution in [0.15, 0.2) is 0 Å². The van der Waals surface area contributed by atoms with Gasteiger partial charge in [0, 0.05) is 6.42 Å². The van der Waals surface area contributed by atoms with Crippen LogP contribution in [0.25, 0.3) is 0 Å². The van der Waals surface area contributed by atoms with E-state index in [2.05, 4.69) is 0 Å². The van der Waals surface area contributed by atoms with E-state index in [0.717, 1.165) is 0 Å². The molecule has 1 atom stereocenters. The van der Waals surface area contributed by atoms with Crippen molar-refractivity contribution in [2.75, 3.05) is 6.61 Å². The first kappa shape index (κ1) is 8.84. The quantitative estimate of drug-likeness (QED) is 0.353. The third-order valence-electron chi connectivity index (χ3n) is 1.23. The molecule has 0 saturated carbocycles. The van der Waals surface area contributed by atoms with Crippen molar-refractivity contribution in [2.24, 2.45) is 0 Å². The van der Waals surface area contributed by atoms with Crippen LogP contribution in [-0.2, 0) is 0 Å². The van der Waals surface area contributed by atoms with Crippen molar-refractivity contribution in [1.29, 1.82) is 0 Å². The van der Waals surface area contributed by atoms with Crippen molar-refractivity contribution in [3.63, 3.8) is 0 Å². The Balaban J connectivity index is 3.80. The summed E-state index contributed by atoms with van der Waals surface area (Å²) in [5.74, 6) is -2.14. The van der Waals surface area contributed by atoms with Gasteiger partial charge in [-0.1, -0.05) is 6.92 Å². The number of aliphatic hydroxyl groups excluding tert-OH is 2. The van der Waals surface area contributed by atoms with Gasteiger partial charge in [-0.15, -0.1) is 0 Å². The Morgan fingerprint density at radius 1 is 1.44 bits per heavy atom. The second-order valence-electron chi connectivity index (χ2n) is 1.93. The highest BCUT2D eigenvalue weighted by Crippen LogP contribution is 2.09. The van der Waals surface area contributed by atoms with Crippen LogP contribution in [0, 0.1) is 0 Å². The van der Waals surface area contributed by atoms with E-state index < -0.39 is 18.5 Å². The molecule has 0 bridgehead atoms. The van der Waals surface area contributed by atoms with Crippen LogP contribution in [0.2, 0.25) is 0 Å². The summed E-state index contributed by atoms with van der Waals surface area (Å²) in [5.41, 5.74) is 0. The van der Waals surface area contributed by atoms with Gasteiger partial charge in [0.15, 0.2) is 5.79 Å². The largest absolute Gasteiger partial charge is 0.393 e. The molecule has 1 unspecified atom stereocenters. The molecule has 4 N–H and O–H groups in total. The summed E-state index contributed by atoms with van der Waals surface area (Å²) in [6, 6.07) is 0. The van der Waals surface area contributed by atoms with Gasteiger partial charge >= 0.3 is 0 Å². The summed E-state index contributed by atoms with van der Waals surface area (Å²) in [4.78, 5) is 0. The number of rotatable bonds is 3. The topological polar surface area (TPSA) is 80.9 Å². The summed E-state index contributed by atoms with van der Waals surface area (Å²) >= 11 is 0. The van der Waals surface area contributed by atoms with Gasteiger partial charge in [0.2, 0.25) is 0 Å². The summed E-state index contributed by atoms with van der Waals surface area (Å²) in [6.45, 7) is 0.861. The molecule has 0 amide bonds. The molecule has 0 fully saturated rings. The van der Waals surface area contributed by atoms with Crippen LogP contribution in [0.1, 0.15) is 13.3 Å². The molecular formula is C5H12O4. The van der Waals surface area contributed by atoms with E-state index in [0.29, 0.717) is 0 Å². The van der Waals surface area contributed by atoms with Crippen LogP contribution in [0.4, 0.5) is 0 Å². The van der Waals surface area contributed by atoms with Crippen LogP contribution in [0.5, 0.6) is 0 Å². The van der Waals surface area contributed by atoms with Crippen LogP contribution >= 0.6 is 0 Å². The van der Waals surface area contributed by atoms with Crippen molar-refractivity contribution in [3.05, 3.63) is 0 Å². The van der Waals surface area contributed by atoms with E-state index >= 15 is 0 Å². The minimum absolute atomic E-state index is 0.00523. The SMILES string of the molecule is CCC(O)(O)C(O)CO. The summed E-state index contributed by atoms with van der Waals surface area (Å²) in [6.07, 6.45) is -1.48. The molecule has 0 radical (unpaired) electrons. The number of aliphatic hydroxyl groups is 4. The molecule has 0 aliphatic heterocycles. The van der Waals surface area contributed by atoms with Gasteiger partial charge < -0.3 is 20.4 Å². The first-order valence-electron chi connectivity index (χ1n) is 2.78. The van der Waals surface area contributed by atoms with E-state index in [1.54, 1.807) is 0 Å². The molecule has 0 aromatic carbocycles. The first-order chi connectivity index (χ1) is 4.04. The zero-order chi connectivity index (χ0) is 7.49. The van der Waals surface area contributed by atoms with E-state index in [9.17, 15) is 0 Å². The molecule has 0 aliphatic carbocycles. The third kappa shape index (κ3) is 2.28. The molecule has 9 heavy (non-hydrogen) atoms. The molecule has 4 heteroatoms. The Morgan fingerprint density at radius 3 is 2.00 bits per heavy atom. The van der Waals surface area contributed by atoms with Gasteiger partial charge in [-0.25, -0.2) is 0 Å². The maximum atomic E-state index is 8.74. The Labute approximate surface area is 53.4 Å². The molecule has 0 aromatic heterocycles. The van der Waals surface area contributed by atoms with Crippen molar-refractivity contribution < 1.29 is 20.4 Å². The molecule has 0 rings (SSSR count). The van der Waals surface area contributed by atoms with Crippen molar-refractivity contribution in [3.8, 4) is 0 Å². The smallest absolute Gasteiger partial charge is 0.191 e. The Hall–Kier alpha value is -0.160. The maximum absolute atomic E-state index is 8.74. The molecule has 0 aliphatic rings. The average Bonchev–Trinajstić information content (AvgIpc) is 1.86. The fourth-order valence-electron chi connectivity index (χ4n) is 0.382. The first-order valence-corrected chi connectivity index (χ1v) is 2.78. The lowest BCUT2D eigenvalue weighted by atomic mass is 10.1. The summed E-state index contributed by atoms with van der Waals surface area (Å²) < 4.78 is 0. The third-order valence-corrected chi connectivity index (χ3v) is 1.23. The van der Waals surface area contributed by atoms with Crippen molar-refractivity contribution >= 4 is 0 Å². The molecular weight excluding hydrogens is 124 g/mol. The lowest BCUT2D eigenvalue weighted by molar-refractivity contribution is -0.233. The van der Waals surface area contributed by atoms with Gasteiger partial charge in [0.25, 0.3) is 0 Å². The second kappa shape index (κ2) is 3.12. The molecule has 0 saturated heterocycles. The monoisotopic (exact) mass is 136 g/mol. The van der Waals surface area contributed by atoms with Gasteiger partial charge in [0.05, 0.1) is 6.61 Å². The summed E-state index contributed by atoms with van der Waals surface area (Å²) in [7, 11) is 0. The highest BCUT2D eigenvalue weighted by molar-refractivity contribution is 4.71. The Kier molecular flexibility index (Phi) is 3.07. The van der Waals surface area contributed by atoms with Crippen LogP contribution < -0.4 is 0 Å². The Morgan fingerprint density at radius 2 is 1.89 bits per heavy atom. The highest BCUT2D eigenvalue weighted by atomic mass is 16.5. The zero-order valence-corrected chi connectivity index (χ0v) is 5.28. The molecule has 0 spiro atoms. The number of hydrogen-bond donors (Lipinski definition) is 4. The Bertz CT molecular complexity index is 81.0.